The first-order chi connectivity index (χ1) is 8.22. The molecule has 0 fully saturated rings. The Morgan fingerprint density at radius 1 is 1.29 bits per heavy atom. The fraction of sp³-hybridized carbons (Fsp3) is 0.308. The van der Waals surface area contributed by atoms with E-state index in [1.165, 1.54) is 0 Å². The standard InChI is InChI=1S/C13H14N2O2/c1-15-7-6-12-11(8-15)14-13(17-12)9-2-4-10(16)5-3-9/h2-5,16H,6-8H2,1H3. The number of benzene rings is 1. The summed E-state index contributed by atoms with van der Waals surface area (Å²) in [7, 11) is 2.08. The molecule has 2 heterocycles. The SMILES string of the molecule is CN1CCc2oc(-c3ccc(O)cc3)nc2C1. The molecule has 1 aliphatic rings. The molecule has 0 spiro atoms. The number of phenolic OH excluding ortho intramolecular Hbond substituents is 1. The number of hydrogen-bond donors (Lipinski definition) is 1. The topological polar surface area (TPSA) is 49.5 Å². The summed E-state index contributed by atoms with van der Waals surface area (Å²) >= 11 is 0. The lowest BCUT2D eigenvalue weighted by Crippen LogP contribution is -2.25. The Bertz CT molecular complexity index is 531. The van der Waals surface area contributed by atoms with E-state index in [1.807, 2.05) is 12.1 Å². The molecule has 1 aromatic carbocycles. The number of likely N-dealkylation sites (N-methyl/N-ethyl adjacent to an activating group) is 1. The van der Waals surface area contributed by atoms with Crippen molar-refractivity contribution in [1.29, 1.82) is 0 Å². The fourth-order valence-electron chi connectivity index (χ4n) is 2.06. The van der Waals surface area contributed by atoms with Crippen LogP contribution >= 0.6 is 0 Å². The van der Waals surface area contributed by atoms with Gasteiger partial charge in [-0.3, -0.25) is 4.90 Å². The van der Waals surface area contributed by atoms with Gasteiger partial charge in [-0.25, -0.2) is 4.98 Å². The quantitative estimate of drug-likeness (QED) is 0.814. The van der Waals surface area contributed by atoms with Gasteiger partial charge in [0.25, 0.3) is 0 Å². The maximum atomic E-state index is 9.24. The van der Waals surface area contributed by atoms with Gasteiger partial charge in [-0.05, 0) is 31.3 Å². The first-order valence-corrected chi connectivity index (χ1v) is 5.69. The number of aromatic nitrogens is 1. The van der Waals surface area contributed by atoms with E-state index in [-0.39, 0.29) is 5.75 Å². The van der Waals surface area contributed by atoms with E-state index in [2.05, 4.69) is 16.9 Å². The van der Waals surface area contributed by atoms with Crippen molar-refractivity contribution < 1.29 is 9.52 Å². The summed E-state index contributed by atoms with van der Waals surface area (Å²) < 4.78 is 5.76. The van der Waals surface area contributed by atoms with E-state index in [0.29, 0.717) is 5.89 Å². The van der Waals surface area contributed by atoms with Crippen LogP contribution in [0.3, 0.4) is 0 Å². The average molecular weight is 230 g/mol. The number of oxazole rings is 1. The molecule has 0 radical (unpaired) electrons. The zero-order valence-electron chi connectivity index (χ0n) is 9.68. The van der Waals surface area contributed by atoms with E-state index < -0.39 is 0 Å². The van der Waals surface area contributed by atoms with Gasteiger partial charge in [0.2, 0.25) is 5.89 Å². The van der Waals surface area contributed by atoms with Crippen LogP contribution in [0, 0.1) is 0 Å². The van der Waals surface area contributed by atoms with Gasteiger partial charge >= 0.3 is 0 Å². The van der Waals surface area contributed by atoms with E-state index in [1.54, 1.807) is 12.1 Å². The highest BCUT2D eigenvalue weighted by atomic mass is 16.4. The molecule has 1 N–H and O–H groups in total. The molecule has 3 rings (SSSR count). The van der Waals surface area contributed by atoms with Gasteiger partial charge in [0.1, 0.15) is 11.5 Å². The van der Waals surface area contributed by atoms with Gasteiger partial charge in [-0.2, -0.15) is 0 Å². The van der Waals surface area contributed by atoms with Crippen LogP contribution in [0.2, 0.25) is 0 Å². The highest BCUT2D eigenvalue weighted by molar-refractivity contribution is 5.55. The summed E-state index contributed by atoms with van der Waals surface area (Å²) in [5, 5.41) is 9.24. The van der Waals surface area contributed by atoms with Crippen molar-refractivity contribution >= 4 is 0 Å². The summed E-state index contributed by atoms with van der Waals surface area (Å²) in [4.78, 5) is 6.74. The fourth-order valence-corrected chi connectivity index (χ4v) is 2.06. The molecule has 0 atom stereocenters. The molecular formula is C13H14N2O2. The van der Waals surface area contributed by atoms with E-state index >= 15 is 0 Å². The molecule has 4 heteroatoms. The Balaban J connectivity index is 1.97. The van der Waals surface area contributed by atoms with Gasteiger partial charge < -0.3 is 9.52 Å². The Labute approximate surface area is 99.5 Å². The lowest BCUT2D eigenvalue weighted by atomic mass is 10.2. The molecule has 17 heavy (non-hydrogen) atoms. The number of phenols is 1. The minimum Gasteiger partial charge on any atom is -0.508 e. The van der Waals surface area contributed by atoms with Crippen molar-refractivity contribution in [3.8, 4) is 17.2 Å². The predicted octanol–water partition coefficient (Wildman–Crippen LogP) is 2.04. The van der Waals surface area contributed by atoms with Crippen LogP contribution in [-0.4, -0.2) is 28.6 Å². The second-order valence-electron chi connectivity index (χ2n) is 4.42. The third-order valence-electron chi connectivity index (χ3n) is 3.03. The van der Waals surface area contributed by atoms with Crippen LogP contribution in [0.25, 0.3) is 11.5 Å². The van der Waals surface area contributed by atoms with Crippen molar-refractivity contribution in [2.75, 3.05) is 13.6 Å². The molecule has 2 aromatic rings. The van der Waals surface area contributed by atoms with E-state index in [4.69, 9.17) is 4.42 Å². The first kappa shape index (κ1) is 10.4. The predicted molar refractivity (Wildman–Crippen MR) is 63.6 cm³/mol. The average Bonchev–Trinajstić information content (AvgIpc) is 2.72. The maximum Gasteiger partial charge on any atom is 0.226 e. The van der Waals surface area contributed by atoms with Crippen LogP contribution in [0.4, 0.5) is 0 Å². The maximum absolute atomic E-state index is 9.24. The minimum atomic E-state index is 0.254. The summed E-state index contributed by atoms with van der Waals surface area (Å²) in [5.41, 5.74) is 1.93. The van der Waals surface area contributed by atoms with Gasteiger partial charge in [0.15, 0.2) is 0 Å². The molecule has 1 aromatic heterocycles. The molecular weight excluding hydrogens is 216 g/mol. The number of rotatable bonds is 1. The Hall–Kier alpha value is -1.81. The second kappa shape index (κ2) is 3.89. The van der Waals surface area contributed by atoms with Crippen LogP contribution in [0.5, 0.6) is 5.75 Å². The van der Waals surface area contributed by atoms with Crippen molar-refractivity contribution in [3.63, 3.8) is 0 Å². The number of hydrogen-bond acceptors (Lipinski definition) is 4. The van der Waals surface area contributed by atoms with Crippen molar-refractivity contribution in [2.24, 2.45) is 0 Å². The van der Waals surface area contributed by atoms with E-state index in [9.17, 15) is 5.11 Å². The highest BCUT2D eigenvalue weighted by Gasteiger charge is 2.20. The second-order valence-corrected chi connectivity index (χ2v) is 4.42. The van der Waals surface area contributed by atoms with Crippen LogP contribution in [0.15, 0.2) is 28.7 Å². The third kappa shape index (κ3) is 1.91. The van der Waals surface area contributed by atoms with Crippen molar-refractivity contribution in [3.05, 3.63) is 35.7 Å². The monoisotopic (exact) mass is 230 g/mol. The van der Waals surface area contributed by atoms with Gasteiger partial charge in [0.05, 0.1) is 5.69 Å². The summed E-state index contributed by atoms with van der Waals surface area (Å²) in [6.45, 7) is 1.86. The first-order valence-electron chi connectivity index (χ1n) is 5.69. The molecule has 0 saturated carbocycles. The summed E-state index contributed by atoms with van der Waals surface area (Å²) in [5.74, 6) is 1.89. The lowest BCUT2D eigenvalue weighted by molar-refractivity contribution is 0.292. The smallest absolute Gasteiger partial charge is 0.226 e. The largest absolute Gasteiger partial charge is 0.508 e. The van der Waals surface area contributed by atoms with Crippen LogP contribution < -0.4 is 0 Å². The Kier molecular flexibility index (Phi) is 2.37. The van der Waals surface area contributed by atoms with Crippen molar-refractivity contribution in [2.45, 2.75) is 13.0 Å². The zero-order valence-corrected chi connectivity index (χ0v) is 9.68. The number of nitrogens with zero attached hydrogens (tertiary/aromatic N) is 2. The molecule has 0 unspecified atom stereocenters. The van der Waals surface area contributed by atoms with E-state index in [0.717, 1.165) is 36.5 Å². The van der Waals surface area contributed by atoms with Gasteiger partial charge in [0, 0.05) is 25.1 Å². The van der Waals surface area contributed by atoms with Crippen LogP contribution in [-0.2, 0) is 13.0 Å². The molecule has 0 aliphatic carbocycles. The normalized spacial score (nSPS) is 15.8. The molecule has 88 valence electrons. The molecule has 1 aliphatic heterocycles. The molecule has 0 amide bonds. The molecule has 0 saturated heterocycles. The molecule has 4 nitrogen and oxygen atoms in total. The van der Waals surface area contributed by atoms with Crippen molar-refractivity contribution in [1.82, 2.24) is 9.88 Å². The van der Waals surface area contributed by atoms with Gasteiger partial charge in [-0.1, -0.05) is 0 Å². The summed E-state index contributed by atoms with van der Waals surface area (Å²) in [6, 6.07) is 6.92. The summed E-state index contributed by atoms with van der Waals surface area (Å²) in [6.07, 6.45) is 0.914. The Morgan fingerprint density at radius 3 is 2.82 bits per heavy atom. The zero-order chi connectivity index (χ0) is 11.8. The molecule has 0 bridgehead atoms. The number of aromatic hydroxyl groups is 1. The lowest BCUT2D eigenvalue weighted by Gasteiger charge is -2.19. The van der Waals surface area contributed by atoms with Gasteiger partial charge in [-0.15, -0.1) is 0 Å². The number of fused-ring (bicyclic) bond motifs is 1. The highest BCUT2D eigenvalue weighted by Crippen LogP contribution is 2.26. The Morgan fingerprint density at radius 2 is 2.06 bits per heavy atom. The minimum absolute atomic E-state index is 0.254. The van der Waals surface area contributed by atoms with Crippen LogP contribution in [0.1, 0.15) is 11.5 Å². The third-order valence-corrected chi connectivity index (χ3v) is 3.03.